The fourth-order valence-corrected chi connectivity index (χ4v) is 4.98. The lowest BCUT2D eigenvalue weighted by atomic mass is 9.94. The molecule has 21 heavy (non-hydrogen) atoms. The lowest BCUT2D eigenvalue weighted by Crippen LogP contribution is -2.12. The van der Waals surface area contributed by atoms with Gasteiger partial charge in [0.05, 0.1) is 11.7 Å². The van der Waals surface area contributed by atoms with Gasteiger partial charge in [0.15, 0.2) is 0 Å². The van der Waals surface area contributed by atoms with Gasteiger partial charge in [-0.15, -0.1) is 0 Å². The van der Waals surface area contributed by atoms with Crippen LogP contribution < -0.4 is 0 Å². The number of halogens is 4. The van der Waals surface area contributed by atoms with Crippen molar-refractivity contribution in [1.29, 1.82) is 0 Å². The average Bonchev–Trinajstić information content (AvgIpc) is 2.85. The minimum absolute atomic E-state index is 0.0720. The molecule has 3 saturated carbocycles. The van der Waals surface area contributed by atoms with Gasteiger partial charge in [0.25, 0.3) is 0 Å². The maximum atomic E-state index is 13.3. The van der Waals surface area contributed by atoms with E-state index in [4.69, 9.17) is 0 Å². The summed E-state index contributed by atoms with van der Waals surface area (Å²) in [5, 5.41) is 10.4. The third kappa shape index (κ3) is 1.93. The molecule has 0 aliphatic heterocycles. The van der Waals surface area contributed by atoms with Crippen molar-refractivity contribution in [2.45, 2.75) is 31.5 Å². The lowest BCUT2D eigenvalue weighted by molar-refractivity contribution is -0.140. The molecule has 1 aromatic rings. The molecular weight excluding hydrogens is 284 g/mol. The standard InChI is InChI=1S/C16H16F4O/c17-11-4-3-9(6-10(11)16(18,19)20)15(21)14-12-7-1-2-8(5-7)13(12)14/h3-4,6-8,12-15,21H,1-2,5H2. The van der Waals surface area contributed by atoms with E-state index in [1.165, 1.54) is 25.3 Å². The molecule has 0 heterocycles. The fourth-order valence-electron chi connectivity index (χ4n) is 4.98. The van der Waals surface area contributed by atoms with Gasteiger partial charge in [-0.2, -0.15) is 13.2 Å². The normalized spacial score (nSPS) is 38.4. The quantitative estimate of drug-likeness (QED) is 0.813. The van der Waals surface area contributed by atoms with Crippen molar-refractivity contribution in [3.63, 3.8) is 0 Å². The van der Waals surface area contributed by atoms with Gasteiger partial charge in [-0.1, -0.05) is 6.07 Å². The van der Waals surface area contributed by atoms with Gasteiger partial charge in [0.2, 0.25) is 0 Å². The number of rotatable bonds is 2. The minimum Gasteiger partial charge on any atom is -0.388 e. The molecular formula is C16H16F4O. The molecule has 0 radical (unpaired) electrons. The molecule has 5 atom stereocenters. The van der Waals surface area contributed by atoms with Crippen LogP contribution in [0, 0.1) is 35.4 Å². The van der Waals surface area contributed by atoms with Crippen LogP contribution in [0.15, 0.2) is 18.2 Å². The van der Waals surface area contributed by atoms with Crippen LogP contribution in [0.2, 0.25) is 0 Å². The van der Waals surface area contributed by atoms with Gasteiger partial charge in [0.1, 0.15) is 5.82 Å². The lowest BCUT2D eigenvalue weighted by Gasteiger charge is -2.17. The monoisotopic (exact) mass is 300 g/mol. The zero-order valence-corrected chi connectivity index (χ0v) is 11.3. The Hall–Kier alpha value is -1.10. The second-order valence-electron chi connectivity index (χ2n) is 6.75. The zero-order valence-electron chi connectivity index (χ0n) is 11.3. The Morgan fingerprint density at radius 3 is 2.29 bits per heavy atom. The van der Waals surface area contributed by atoms with Crippen LogP contribution in [0.1, 0.15) is 36.5 Å². The van der Waals surface area contributed by atoms with E-state index in [0.29, 0.717) is 23.7 Å². The first kappa shape index (κ1) is 13.6. The maximum Gasteiger partial charge on any atom is 0.419 e. The second kappa shape index (κ2) is 4.22. The topological polar surface area (TPSA) is 20.2 Å². The van der Waals surface area contributed by atoms with Crippen molar-refractivity contribution in [1.82, 2.24) is 0 Å². The van der Waals surface area contributed by atoms with Gasteiger partial charge >= 0.3 is 6.18 Å². The summed E-state index contributed by atoms with van der Waals surface area (Å²) in [6, 6.07) is 2.87. The van der Waals surface area contributed by atoms with Crippen LogP contribution in [0.5, 0.6) is 0 Å². The number of aliphatic hydroxyl groups is 1. The highest BCUT2D eigenvalue weighted by molar-refractivity contribution is 5.31. The average molecular weight is 300 g/mol. The number of fused-ring (bicyclic) bond motifs is 5. The summed E-state index contributed by atoms with van der Waals surface area (Å²) in [5.41, 5.74) is -1.09. The van der Waals surface area contributed by atoms with Crippen LogP contribution in [0.4, 0.5) is 17.6 Å². The second-order valence-corrected chi connectivity index (χ2v) is 6.75. The fraction of sp³-hybridized carbons (Fsp3) is 0.625. The smallest absolute Gasteiger partial charge is 0.388 e. The van der Waals surface area contributed by atoms with Crippen molar-refractivity contribution in [2.75, 3.05) is 0 Å². The third-order valence-corrected chi connectivity index (χ3v) is 5.80. The van der Waals surface area contributed by atoms with Gasteiger partial charge in [-0.25, -0.2) is 4.39 Å². The van der Waals surface area contributed by atoms with Gasteiger partial charge in [0, 0.05) is 0 Å². The van der Waals surface area contributed by atoms with Gasteiger partial charge < -0.3 is 5.11 Å². The molecule has 3 fully saturated rings. The largest absolute Gasteiger partial charge is 0.419 e. The summed E-state index contributed by atoms with van der Waals surface area (Å²) in [4.78, 5) is 0. The number of alkyl halides is 3. The Morgan fingerprint density at radius 1 is 1.10 bits per heavy atom. The third-order valence-electron chi connectivity index (χ3n) is 5.80. The molecule has 2 bridgehead atoms. The zero-order chi connectivity index (χ0) is 14.9. The van der Waals surface area contributed by atoms with Crippen molar-refractivity contribution >= 4 is 0 Å². The molecule has 1 nitrogen and oxygen atoms in total. The van der Waals surface area contributed by atoms with Crippen molar-refractivity contribution in [3.8, 4) is 0 Å². The van der Waals surface area contributed by atoms with E-state index in [9.17, 15) is 22.7 Å². The highest BCUT2D eigenvalue weighted by Gasteiger charge is 2.66. The van der Waals surface area contributed by atoms with E-state index in [1.807, 2.05) is 0 Å². The number of hydrogen-bond acceptors (Lipinski definition) is 1. The predicted molar refractivity (Wildman–Crippen MR) is 67.7 cm³/mol. The summed E-state index contributed by atoms with van der Waals surface area (Å²) < 4.78 is 51.6. The Balaban J connectivity index is 1.60. The molecule has 5 heteroatoms. The number of hydrogen-bond donors (Lipinski definition) is 1. The Morgan fingerprint density at radius 2 is 1.71 bits per heavy atom. The summed E-state index contributed by atoms with van der Waals surface area (Å²) in [6.45, 7) is 0. The first-order chi connectivity index (χ1) is 9.88. The van der Waals surface area contributed by atoms with E-state index < -0.39 is 23.7 Å². The van der Waals surface area contributed by atoms with E-state index in [0.717, 1.165) is 12.1 Å². The molecule has 0 amide bonds. The molecule has 0 saturated heterocycles. The molecule has 3 aliphatic rings. The highest BCUT2D eigenvalue weighted by Crippen LogP contribution is 2.72. The Kier molecular flexibility index (Phi) is 2.72. The van der Waals surface area contributed by atoms with Crippen LogP contribution in [0.25, 0.3) is 0 Å². The molecule has 1 N–H and O–H groups in total. The van der Waals surface area contributed by atoms with Crippen LogP contribution in [-0.2, 0) is 6.18 Å². The van der Waals surface area contributed by atoms with Crippen LogP contribution in [-0.4, -0.2) is 5.11 Å². The summed E-state index contributed by atoms with van der Waals surface area (Å²) >= 11 is 0. The Labute approximate surface area is 120 Å². The van der Waals surface area contributed by atoms with Gasteiger partial charge in [-0.05, 0) is 66.5 Å². The first-order valence-electron chi connectivity index (χ1n) is 7.42. The maximum absolute atomic E-state index is 13.3. The predicted octanol–water partition coefficient (Wildman–Crippen LogP) is 4.17. The van der Waals surface area contributed by atoms with Crippen molar-refractivity contribution in [2.24, 2.45) is 29.6 Å². The number of benzene rings is 1. The SMILES string of the molecule is OC(c1ccc(F)c(C(F)(F)F)c1)C1C2C3CCC(C3)C21. The van der Waals surface area contributed by atoms with E-state index in [2.05, 4.69) is 0 Å². The van der Waals surface area contributed by atoms with Crippen molar-refractivity contribution in [3.05, 3.63) is 35.1 Å². The van der Waals surface area contributed by atoms with Crippen LogP contribution in [0.3, 0.4) is 0 Å². The summed E-state index contributed by atoms with van der Waals surface area (Å²) in [5.74, 6) is 1.01. The minimum atomic E-state index is -4.72. The molecule has 4 rings (SSSR count). The summed E-state index contributed by atoms with van der Waals surface area (Å²) in [6.07, 6.45) is -2.03. The molecule has 0 spiro atoms. The first-order valence-corrected chi connectivity index (χ1v) is 7.42. The van der Waals surface area contributed by atoms with Crippen molar-refractivity contribution < 1.29 is 22.7 Å². The van der Waals surface area contributed by atoms with Gasteiger partial charge in [-0.3, -0.25) is 0 Å². The van der Waals surface area contributed by atoms with E-state index >= 15 is 0 Å². The van der Waals surface area contributed by atoms with E-state index in [1.54, 1.807) is 0 Å². The molecule has 3 aliphatic carbocycles. The molecule has 0 aromatic heterocycles. The molecule has 1 aromatic carbocycles. The number of aliphatic hydroxyl groups excluding tert-OH is 1. The molecule has 114 valence electrons. The summed E-state index contributed by atoms with van der Waals surface area (Å²) in [7, 11) is 0. The molecule has 5 unspecified atom stereocenters. The van der Waals surface area contributed by atoms with E-state index in [-0.39, 0.29) is 11.5 Å². The van der Waals surface area contributed by atoms with Crippen LogP contribution >= 0.6 is 0 Å². The highest BCUT2D eigenvalue weighted by atomic mass is 19.4. The Bertz CT molecular complexity index is 566.